The molecule has 0 unspecified atom stereocenters. The van der Waals surface area contributed by atoms with Gasteiger partial charge in [0.05, 0.1) is 22.4 Å². The van der Waals surface area contributed by atoms with Crippen LogP contribution in [0.4, 0.5) is 0 Å². The Bertz CT molecular complexity index is 602. The molecule has 7 heteroatoms. The quantitative estimate of drug-likeness (QED) is 0.853. The van der Waals surface area contributed by atoms with E-state index in [1.54, 1.807) is 0 Å². The number of fused-ring (bicyclic) bond motifs is 1. The average Bonchev–Trinajstić information content (AvgIpc) is 3.04. The Morgan fingerprint density at radius 1 is 1.30 bits per heavy atom. The van der Waals surface area contributed by atoms with Crippen LogP contribution in [-0.2, 0) is 32.6 Å². The van der Waals surface area contributed by atoms with Crippen LogP contribution in [0.25, 0.3) is 0 Å². The topological polar surface area (TPSA) is 51.8 Å². The Morgan fingerprint density at radius 2 is 2.15 bits per heavy atom. The summed E-state index contributed by atoms with van der Waals surface area (Å²) in [6.45, 7) is 8.90. The first kappa shape index (κ1) is 13.8. The molecule has 0 saturated carbocycles. The minimum absolute atomic E-state index is 0.850. The van der Waals surface area contributed by atoms with Gasteiger partial charge in [0.1, 0.15) is 12.2 Å². The zero-order valence-electron chi connectivity index (χ0n) is 11.9. The summed E-state index contributed by atoms with van der Waals surface area (Å²) in [7, 11) is 0. The molecule has 2 aromatic heterocycles. The lowest BCUT2D eigenvalue weighted by Gasteiger charge is -2.27. The van der Waals surface area contributed by atoms with Crippen molar-refractivity contribution in [1.82, 2.24) is 29.4 Å². The van der Waals surface area contributed by atoms with Crippen molar-refractivity contribution in [2.75, 3.05) is 6.54 Å². The van der Waals surface area contributed by atoms with Crippen LogP contribution in [0.15, 0.2) is 10.8 Å². The van der Waals surface area contributed by atoms with Crippen molar-refractivity contribution in [2.24, 2.45) is 0 Å². The first-order chi connectivity index (χ1) is 9.72. The summed E-state index contributed by atoms with van der Waals surface area (Å²) >= 11 is 3.71. The third-order valence-electron chi connectivity index (χ3n) is 3.79. The molecule has 0 fully saturated rings. The van der Waals surface area contributed by atoms with Crippen LogP contribution in [0.3, 0.4) is 0 Å². The van der Waals surface area contributed by atoms with Crippen LogP contribution in [0.5, 0.6) is 0 Å². The fourth-order valence-electron chi connectivity index (χ4n) is 2.63. The molecular weight excluding hydrogens is 320 g/mol. The molecular formula is C13H19BrN6. The van der Waals surface area contributed by atoms with Gasteiger partial charge in [-0.2, -0.15) is 5.10 Å². The van der Waals surface area contributed by atoms with E-state index in [4.69, 9.17) is 0 Å². The molecule has 0 aromatic carbocycles. The first-order valence-corrected chi connectivity index (χ1v) is 7.85. The van der Waals surface area contributed by atoms with Crippen LogP contribution in [0.2, 0.25) is 0 Å². The highest BCUT2D eigenvalue weighted by Crippen LogP contribution is 2.24. The van der Waals surface area contributed by atoms with Crippen LogP contribution in [0, 0.1) is 0 Å². The number of hydrogen-bond donors (Lipinski definition) is 0. The standard InChI is InChI=1S/C13H19BrN6/c1-3-10-13(14)11(20(4-2)17-10)7-18-5-6-19-9-15-16-12(19)8-18/h9H,3-8H2,1-2H3. The molecule has 3 rings (SSSR count). The van der Waals surface area contributed by atoms with Gasteiger partial charge in [0.15, 0.2) is 0 Å². The summed E-state index contributed by atoms with van der Waals surface area (Å²) in [5.41, 5.74) is 2.40. The van der Waals surface area contributed by atoms with Crippen LogP contribution in [-0.4, -0.2) is 36.0 Å². The maximum atomic E-state index is 4.66. The van der Waals surface area contributed by atoms with Crippen molar-refractivity contribution in [2.45, 2.75) is 46.4 Å². The lowest BCUT2D eigenvalue weighted by atomic mass is 10.2. The van der Waals surface area contributed by atoms with Crippen molar-refractivity contribution in [3.05, 3.63) is 28.0 Å². The van der Waals surface area contributed by atoms with E-state index in [0.717, 1.165) is 55.1 Å². The van der Waals surface area contributed by atoms with Crippen LogP contribution < -0.4 is 0 Å². The average molecular weight is 339 g/mol. The lowest BCUT2D eigenvalue weighted by Crippen LogP contribution is -2.33. The molecule has 0 bridgehead atoms. The molecule has 0 spiro atoms. The monoisotopic (exact) mass is 338 g/mol. The zero-order chi connectivity index (χ0) is 14.1. The molecule has 2 aromatic rings. The Kier molecular flexibility index (Phi) is 3.89. The van der Waals surface area contributed by atoms with E-state index in [0.29, 0.717) is 0 Å². The van der Waals surface area contributed by atoms with Gasteiger partial charge in [-0.05, 0) is 29.3 Å². The number of hydrogen-bond acceptors (Lipinski definition) is 4. The molecule has 20 heavy (non-hydrogen) atoms. The number of aryl methyl sites for hydroxylation is 2. The van der Waals surface area contributed by atoms with Gasteiger partial charge < -0.3 is 4.57 Å². The second-order valence-corrected chi connectivity index (χ2v) is 5.82. The van der Waals surface area contributed by atoms with E-state index in [9.17, 15) is 0 Å². The molecule has 0 N–H and O–H groups in total. The maximum Gasteiger partial charge on any atom is 0.147 e. The molecule has 0 atom stereocenters. The summed E-state index contributed by atoms with van der Waals surface area (Å²) in [6.07, 6.45) is 2.77. The third-order valence-corrected chi connectivity index (χ3v) is 4.70. The summed E-state index contributed by atoms with van der Waals surface area (Å²) < 4.78 is 5.39. The first-order valence-electron chi connectivity index (χ1n) is 7.06. The van der Waals surface area contributed by atoms with E-state index in [1.807, 2.05) is 6.33 Å². The molecule has 3 heterocycles. The van der Waals surface area contributed by atoms with Gasteiger partial charge in [0.25, 0.3) is 0 Å². The van der Waals surface area contributed by atoms with Gasteiger partial charge in [-0.3, -0.25) is 9.58 Å². The largest absolute Gasteiger partial charge is 0.315 e. The Morgan fingerprint density at radius 3 is 2.90 bits per heavy atom. The van der Waals surface area contributed by atoms with Crippen LogP contribution >= 0.6 is 15.9 Å². The molecule has 0 radical (unpaired) electrons. The molecule has 0 saturated heterocycles. The lowest BCUT2D eigenvalue weighted by molar-refractivity contribution is 0.202. The Hall–Kier alpha value is -1.21. The molecule has 0 aliphatic carbocycles. The van der Waals surface area contributed by atoms with E-state index in [1.165, 1.54) is 5.69 Å². The van der Waals surface area contributed by atoms with E-state index < -0.39 is 0 Å². The second-order valence-electron chi connectivity index (χ2n) is 5.03. The minimum Gasteiger partial charge on any atom is -0.315 e. The number of aromatic nitrogens is 5. The van der Waals surface area contributed by atoms with Crippen molar-refractivity contribution < 1.29 is 0 Å². The van der Waals surface area contributed by atoms with Crippen molar-refractivity contribution in [1.29, 1.82) is 0 Å². The Balaban J connectivity index is 1.80. The summed E-state index contributed by atoms with van der Waals surface area (Å²) in [4.78, 5) is 2.40. The maximum absolute atomic E-state index is 4.66. The predicted octanol–water partition coefficient (Wildman–Crippen LogP) is 1.84. The zero-order valence-corrected chi connectivity index (χ0v) is 13.5. The number of nitrogens with zero attached hydrogens (tertiary/aromatic N) is 6. The van der Waals surface area contributed by atoms with Gasteiger partial charge in [-0.1, -0.05) is 6.92 Å². The highest BCUT2D eigenvalue weighted by atomic mass is 79.9. The van der Waals surface area contributed by atoms with E-state index in [-0.39, 0.29) is 0 Å². The number of rotatable bonds is 4. The van der Waals surface area contributed by atoms with Gasteiger partial charge in [-0.25, -0.2) is 0 Å². The highest BCUT2D eigenvalue weighted by Gasteiger charge is 2.21. The van der Waals surface area contributed by atoms with Gasteiger partial charge in [0, 0.05) is 26.2 Å². The van der Waals surface area contributed by atoms with Crippen LogP contribution in [0.1, 0.15) is 31.1 Å². The normalized spacial score (nSPS) is 15.6. The van der Waals surface area contributed by atoms with E-state index >= 15 is 0 Å². The minimum atomic E-state index is 0.850. The van der Waals surface area contributed by atoms with Crippen molar-refractivity contribution in [3.63, 3.8) is 0 Å². The predicted molar refractivity (Wildman–Crippen MR) is 79.1 cm³/mol. The third kappa shape index (κ3) is 2.40. The molecule has 1 aliphatic heterocycles. The molecule has 108 valence electrons. The SMILES string of the molecule is CCc1nn(CC)c(CN2CCn3cnnc3C2)c1Br. The molecule has 1 aliphatic rings. The van der Waals surface area contributed by atoms with Gasteiger partial charge in [-0.15, -0.1) is 10.2 Å². The van der Waals surface area contributed by atoms with E-state index in [2.05, 4.69) is 59.2 Å². The highest BCUT2D eigenvalue weighted by molar-refractivity contribution is 9.10. The summed E-state index contributed by atoms with van der Waals surface area (Å²) in [5, 5.41) is 12.8. The fourth-order valence-corrected chi connectivity index (χ4v) is 3.32. The fraction of sp³-hybridized carbons (Fsp3) is 0.615. The van der Waals surface area contributed by atoms with Crippen molar-refractivity contribution in [3.8, 4) is 0 Å². The second kappa shape index (κ2) is 5.65. The van der Waals surface area contributed by atoms with Gasteiger partial charge >= 0.3 is 0 Å². The molecule has 6 nitrogen and oxygen atoms in total. The smallest absolute Gasteiger partial charge is 0.147 e. The Labute approximate surface area is 126 Å². The van der Waals surface area contributed by atoms with Gasteiger partial charge in [0.2, 0.25) is 0 Å². The summed E-state index contributed by atoms with van der Waals surface area (Å²) in [5.74, 6) is 1.05. The number of halogens is 1. The van der Waals surface area contributed by atoms with Crippen molar-refractivity contribution >= 4 is 15.9 Å². The molecule has 0 amide bonds. The summed E-state index contributed by atoms with van der Waals surface area (Å²) in [6, 6.07) is 0.